The average Bonchev–Trinajstić information content (AvgIpc) is 3.66. The van der Waals surface area contributed by atoms with E-state index in [0.717, 1.165) is 62.0 Å². The Labute approximate surface area is 261 Å². The number of nitrogens with zero attached hydrogens (tertiary/aromatic N) is 4. The molecule has 3 aliphatic rings. The maximum Gasteiger partial charge on any atom is 2.00 e. The Hall–Kier alpha value is -3.53. The summed E-state index contributed by atoms with van der Waals surface area (Å²) in [5, 5.41) is 6.73. The van der Waals surface area contributed by atoms with Crippen molar-refractivity contribution in [3.8, 4) is 0 Å². The number of rotatable bonds is 3. The molecule has 5 heterocycles. The normalized spacial score (nSPS) is 24.7. The van der Waals surface area contributed by atoms with Gasteiger partial charge in [-0.3, -0.25) is 9.59 Å². The van der Waals surface area contributed by atoms with Crippen molar-refractivity contribution in [1.29, 1.82) is 0 Å². The zero-order chi connectivity index (χ0) is 28.6. The van der Waals surface area contributed by atoms with Crippen LogP contribution < -0.4 is 25.7 Å². The van der Waals surface area contributed by atoms with E-state index in [-0.39, 0.29) is 46.1 Å². The fourth-order valence-electron chi connectivity index (χ4n) is 6.38. The molecular formula is C33H34MgN4O4-2. The summed E-state index contributed by atoms with van der Waals surface area (Å²) in [7, 11) is 1.31. The number of carbonyl (C=O) groups is 2. The molecule has 2 aliphatic heterocycles. The van der Waals surface area contributed by atoms with E-state index in [1.807, 2.05) is 38.2 Å². The van der Waals surface area contributed by atoms with Crippen LogP contribution in [-0.4, -0.2) is 47.4 Å². The summed E-state index contributed by atoms with van der Waals surface area (Å²) in [6.07, 6.45) is 8.64. The molecule has 3 atom stereocenters. The minimum absolute atomic E-state index is 0. The minimum atomic E-state index is -1.08. The van der Waals surface area contributed by atoms with E-state index in [0.29, 0.717) is 28.2 Å². The van der Waals surface area contributed by atoms with E-state index in [9.17, 15) is 9.59 Å². The number of Topliss-reactive ketones (excluding diaryl/α,β-unsaturated/α-hetero) is 1. The third-order valence-corrected chi connectivity index (χ3v) is 8.97. The van der Waals surface area contributed by atoms with E-state index >= 15 is 0 Å². The summed E-state index contributed by atoms with van der Waals surface area (Å²) in [6.45, 7) is 16.4. The number of methoxy groups -OCH3 is 1. The zero-order valence-corrected chi connectivity index (χ0v) is 26.6. The minimum Gasteiger partial charge on any atom is -0.664 e. The zero-order valence-electron chi connectivity index (χ0n) is 25.2. The van der Waals surface area contributed by atoms with Crippen molar-refractivity contribution in [3.05, 3.63) is 90.1 Å². The first-order valence-corrected chi connectivity index (χ1v) is 13.7. The summed E-state index contributed by atoms with van der Waals surface area (Å²) >= 11 is 0. The molecular weight excluding hydrogens is 541 g/mol. The fourth-order valence-corrected chi connectivity index (χ4v) is 6.38. The van der Waals surface area contributed by atoms with Gasteiger partial charge in [-0.25, -0.2) is 0 Å². The Kier molecular flexibility index (Phi) is 8.43. The van der Waals surface area contributed by atoms with Crippen molar-refractivity contribution >= 4 is 64.7 Å². The number of ketones is 1. The molecule has 2 N–H and O–H groups in total. The van der Waals surface area contributed by atoms with Crippen LogP contribution in [0.4, 0.5) is 0 Å². The van der Waals surface area contributed by atoms with Crippen LogP contribution in [0.2, 0.25) is 0 Å². The van der Waals surface area contributed by atoms with Crippen LogP contribution in [0.5, 0.6) is 0 Å². The summed E-state index contributed by atoms with van der Waals surface area (Å²) in [5.41, 5.74) is 10.4. The standard InChI is InChI=1S/C33H33N4O3.Mg.H2O/c1-9-19-16(5)22-11-21-14(3)15(4)30(36-21)28-29(33(39)40-8)32(38)27-18(7)24(37-31(27)28)13-26-20(10-2)17(6)23(35-26)12-25(19)34-22;;/h9,11-15,29H,1,10H2,2-8H3,(H-,36,37,38);;1H2/q-3;+2;/p-1/b21-11-,23-12-,26-13-;;/t14-,15-,29+;;/m0../s1. The number of aromatic nitrogens is 3. The van der Waals surface area contributed by atoms with Gasteiger partial charge in [0.25, 0.3) is 0 Å². The van der Waals surface area contributed by atoms with Crippen molar-refractivity contribution in [2.75, 3.05) is 7.11 Å². The van der Waals surface area contributed by atoms with Crippen molar-refractivity contribution < 1.29 is 19.8 Å². The van der Waals surface area contributed by atoms with Crippen LogP contribution in [0.15, 0.2) is 18.0 Å². The van der Waals surface area contributed by atoms with Crippen molar-refractivity contribution in [2.24, 2.45) is 17.8 Å². The molecule has 0 aromatic carbocycles. The molecule has 1 fully saturated rings. The van der Waals surface area contributed by atoms with Gasteiger partial charge in [0, 0.05) is 5.56 Å². The number of carbonyl (C=O) groups excluding carboxylic acids is 2. The van der Waals surface area contributed by atoms with Gasteiger partial charge in [-0.15, -0.1) is 33.5 Å². The number of allylic oxidation sites excluding steroid dienone is 2. The van der Waals surface area contributed by atoms with Crippen molar-refractivity contribution in [2.45, 2.75) is 48.0 Å². The largest absolute Gasteiger partial charge is 2.00 e. The maximum atomic E-state index is 13.8. The van der Waals surface area contributed by atoms with E-state index in [1.165, 1.54) is 7.11 Å². The van der Waals surface area contributed by atoms with Crippen LogP contribution in [0.3, 0.4) is 0 Å². The van der Waals surface area contributed by atoms with E-state index < -0.39 is 11.9 Å². The molecule has 8 nitrogen and oxygen atoms in total. The van der Waals surface area contributed by atoms with E-state index in [2.05, 4.69) is 34.3 Å². The molecule has 0 unspecified atom stereocenters. The third kappa shape index (κ3) is 4.37. The SMILES string of the molecule is C=Cc1c2[n-]c(c1C)/C=C1\[N-]/C(=C3\c4[n-]c(c(C)c4C(=O)[C@@H]3C(=O)OC)/C=c3\[n-]/c(c(C)c3CC)=C\2)[C@@H](C)[C@@H]1C.O.[Mg+2]. The second-order valence-electron chi connectivity index (χ2n) is 11.0. The number of fused-ring (bicyclic) bond motifs is 7. The molecule has 8 bridgehead atoms. The molecule has 0 radical (unpaired) electrons. The van der Waals surface area contributed by atoms with E-state index in [4.69, 9.17) is 25.0 Å². The molecule has 0 spiro atoms. The third-order valence-electron chi connectivity index (χ3n) is 8.97. The molecule has 3 aromatic rings. The first kappa shape index (κ1) is 31.4. The number of hydrogen-bond donors (Lipinski definition) is 0. The van der Waals surface area contributed by atoms with Crippen molar-refractivity contribution in [3.63, 3.8) is 0 Å². The monoisotopic (exact) mass is 574 g/mol. The van der Waals surface area contributed by atoms with Crippen LogP contribution in [0.1, 0.15) is 81.7 Å². The van der Waals surface area contributed by atoms with Gasteiger partial charge in [0.1, 0.15) is 5.92 Å². The number of esters is 1. The predicted molar refractivity (Wildman–Crippen MR) is 165 cm³/mol. The van der Waals surface area contributed by atoms with Gasteiger partial charge >= 0.3 is 29.0 Å². The first-order chi connectivity index (χ1) is 19.1. The smallest absolute Gasteiger partial charge is 0.664 e. The van der Waals surface area contributed by atoms with Crippen LogP contribution in [0.25, 0.3) is 35.2 Å². The number of hydrogen-bond acceptors (Lipinski definition) is 3. The summed E-state index contributed by atoms with van der Waals surface area (Å²) < 4.78 is 5.11. The van der Waals surface area contributed by atoms with Gasteiger partial charge in [-0.2, -0.15) is 11.4 Å². The second kappa shape index (κ2) is 11.3. The molecule has 3 aromatic heterocycles. The Balaban J connectivity index is 0.00000202. The second-order valence-corrected chi connectivity index (χ2v) is 11.0. The maximum absolute atomic E-state index is 13.8. The molecule has 1 aliphatic carbocycles. The Morgan fingerprint density at radius 3 is 2.26 bits per heavy atom. The Morgan fingerprint density at radius 1 is 0.952 bits per heavy atom. The molecule has 1 saturated heterocycles. The van der Waals surface area contributed by atoms with Gasteiger partial charge in [0.05, 0.1) is 7.11 Å². The fraction of sp³-hybridized carbons (Fsp3) is 0.333. The van der Waals surface area contributed by atoms with Gasteiger partial charge < -0.3 is 30.5 Å². The molecule has 42 heavy (non-hydrogen) atoms. The first-order valence-electron chi connectivity index (χ1n) is 13.7. The van der Waals surface area contributed by atoms with Gasteiger partial charge in [-0.1, -0.05) is 79.5 Å². The molecule has 214 valence electrons. The van der Waals surface area contributed by atoms with E-state index in [1.54, 1.807) is 0 Å². The summed E-state index contributed by atoms with van der Waals surface area (Å²) in [5.74, 6) is -1.95. The van der Waals surface area contributed by atoms with Crippen molar-refractivity contribution in [1.82, 2.24) is 15.0 Å². The molecule has 9 heteroatoms. The van der Waals surface area contributed by atoms with Gasteiger partial charge in [0.15, 0.2) is 5.78 Å². The summed E-state index contributed by atoms with van der Waals surface area (Å²) in [4.78, 5) is 41.8. The molecule has 0 amide bonds. The topological polar surface area (TPSA) is 131 Å². The Bertz CT molecular complexity index is 1830. The van der Waals surface area contributed by atoms with Crippen LogP contribution in [0, 0.1) is 38.5 Å². The van der Waals surface area contributed by atoms with Gasteiger partial charge in [0.2, 0.25) is 0 Å². The Morgan fingerprint density at radius 2 is 1.62 bits per heavy atom. The number of ether oxygens (including phenoxy) is 1. The molecule has 0 saturated carbocycles. The van der Waals surface area contributed by atoms with Crippen LogP contribution in [-0.2, 0) is 16.0 Å². The quantitative estimate of drug-likeness (QED) is 0.268. The summed E-state index contributed by atoms with van der Waals surface area (Å²) in [6, 6.07) is 0. The van der Waals surface area contributed by atoms with Crippen LogP contribution >= 0.6 is 0 Å². The average molecular weight is 575 g/mol. The van der Waals surface area contributed by atoms with Gasteiger partial charge in [-0.05, 0) is 44.6 Å². The molecule has 6 rings (SSSR count). The predicted octanol–water partition coefficient (Wildman–Crippen LogP) is 2.85.